The van der Waals surface area contributed by atoms with E-state index in [2.05, 4.69) is 60.1 Å². The second-order valence-electron chi connectivity index (χ2n) is 4.34. The predicted molar refractivity (Wildman–Crippen MR) is 82.7 cm³/mol. The summed E-state index contributed by atoms with van der Waals surface area (Å²) < 4.78 is 5.10. The first kappa shape index (κ1) is 14.0. The quantitative estimate of drug-likeness (QED) is 0.798. The zero-order chi connectivity index (χ0) is 13.5. The highest BCUT2D eigenvalue weighted by Crippen LogP contribution is 2.19. The minimum absolute atomic E-state index is 0.670. The van der Waals surface area contributed by atoms with E-state index in [1.165, 1.54) is 16.0 Å². The summed E-state index contributed by atoms with van der Waals surface area (Å²) in [6.07, 6.45) is 2.09. The number of methoxy groups -OCH3 is 1. The topological polar surface area (TPSA) is 21.3 Å². The van der Waals surface area contributed by atoms with E-state index in [1.807, 2.05) is 0 Å². The molecule has 2 nitrogen and oxygen atoms in total. The molecule has 1 N–H and O–H groups in total. The maximum absolute atomic E-state index is 5.10. The van der Waals surface area contributed by atoms with Gasteiger partial charge in [-0.1, -0.05) is 30.3 Å². The van der Waals surface area contributed by atoms with Gasteiger partial charge >= 0.3 is 0 Å². The molecule has 0 bridgehead atoms. The minimum Gasteiger partial charge on any atom is -0.381 e. The summed E-state index contributed by atoms with van der Waals surface area (Å²) in [5.41, 5.74) is 3.64. The van der Waals surface area contributed by atoms with Crippen LogP contribution in [0.5, 0.6) is 0 Å². The van der Waals surface area contributed by atoms with Gasteiger partial charge in [0.1, 0.15) is 0 Å². The largest absolute Gasteiger partial charge is 0.381 e. The molecule has 100 valence electrons. The molecule has 0 saturated carbocycles. The molecule has 0 atom stereocenters. The number of ether oxygens (including phenoxy) is 1. The first-order valence-electron chi connectivity index (χ1n) is 6.26. The molecule has 19 heavy (non-hydrogen) atoms. The zero-order valence-corrected chi connectivity index (χ0v) is 12.2. The van der Waals surface area contributed by atoms with E-state index in [-0.39, 0.29) is 0 Å². The number of thioether (sulfide) groups is 1. The van der Waals surface area contributed by atoms with Gasteiger partial charge in [0, 0.05) is 24.2 Å². The molecule has 0 radical (unpaired) electrons. The van der Waals surface area contributed by atoms with E-state index < -0.39 is 0 Å². The van der Waals surface area contributed by atoms with Crippen LogP contribution in [0.1, 0.15) is 11.1 Å². The van der Waals surface area contributed by atoms with Crippen LogP contribution in [0.3, 0.4) is 0 Å². The Morgan fingerprint density at radius 2 is 1.79 bits per heavy atom. The first-order chi connectivity index (χ1) is 9.31. The molecule has 2 aromatic carbocycles. The number of rotatable bonds is 6. The highest BCUT2D eigenvalue weighted by molar-refractivity contribution is 7.98. The second kappa shape index (κ2) is 7.22. The Labute approximate surface area is 119 Å². The van der Waals surface area contributed by atoms with Crippen molar-refractivity contribution in [3.63, 3.8) is 0 Å². The van der Waals surface area contributed by atoms with Crippen molar-refractivity contribution in [1.29, 1.82) is 0 Å². The summed E-state index contributed by atoms with van der Waals surface area (Å²) in [5.74, 6) is 0. The minimum atomic E-state index is 0.670. The van der Waals surface area contributed by atoms with Crippen LogP contribution < -0.4 is 5.32 Å². The van der Waals surface area contributed by atoms with Crippen LogP contribution in [-0.2, 0) is 17.9 Å². The van der Waals surface area contributed by atoms with Crippen LogP contribution in [0.25, 0.3) is 0 Å². The zero-order valence-electron chi connectivity index (χ0n) is 11.3. The van der Waals surface area contributed by atoms with Gasteiger partial charge < -0.3 is 10.1 Å². The molecule has 0 fully saturated rings. The summed E-state index contributed by atoms with van der Waals surface area (Å²) >= 11 is 1.76. The number of benzene rings is 2. The van der Waals surface area contributed by atoms with E-state index in [9.17, 15) is 0 Å². The number of hydrogen-bond acceptors (Lipinski definition) is 3. The van der Waals surface area contributed by atoms with Crippen LogP contribution in [0.15, 0.2) is 53.4 Å². The monoisotopic (exact) mass is 273 g/mol. The van der Waals surface area contributed by atoms with Crippen LogP contribution in [-0.4, -0.2) is 13.4 Å². The molecule has 2 rings (SSSR count). The third-order valence-electron chi connectivity index (χ3n) is 2.90. The van der Waals surface area contributed by atoms with Crippen molar-refractivity contribution < 1.29 is 4.74 Å². The van der Waals surface area contributed by atoms with Gasteiger partial charge in [0.15, 0.2) is 0 Å². The Morgan fingerprint density at radius 1 is 1.05 bits per heavy atom. The molecular weight excluding hydrogens is 254 g/mol. The molecule has 0 aliphatic carbocycles. The molecule has 0 aliphatic rings. The Morgan fingerprint density at radius 3 is 2.47 bits per heavy atom. The van der Waals surface area contributed by atoms with Gasteiger partial charge in [-0.05, 0) is 35.6 Å². The lowest BCUT2D eigenvalue weighted by molar-refractivity contribution is 0.185. The standard InChI is InChI=1S/C16H19NOS/c1-18-12-14-8-6-13(7-9-14)11-17-15-4-3-5-16(10-15)19-2/h3-10,17H,11-12H2,1-2H3. The maximum atomic E-state index is 5.10. The molecular formula is C16H19NOS. The molecule has 0 aromatic heterocycles. The van der Waals surface area contributed by atoms with E-state index in [1.54, 1.807) is 18.9 Å². The Kier molecular flexibility index (Phi) is 5.31. The Bertz CT molecular complexity index is 510. The fraction of sp³-hybridized carbons (Fsp3) is 0.250. The van der Waals surface area contributed by atoms with Crippen molar-refractivity contribution in [1.82, 2.24) is 0 Å². The number of anilines is 1. The van der Waals surface area contributed by atoms with Crippen molar-refractivity contribution in [2.45, 2.75) is 18.0 Å². The smallest absolute Gasteiger partial charge is 0.0713 e. The third kappa shape index (κ3) is 4.30. The second-order valence-corrected chi connectivity index (χ2v) is 5.21. The highest BCUT2D eigenvalue weighted by atomic mass is 32.2. The molecule has 0 amide bonds. The van der Waals surface area contributed by atoms with Crippen LogP contribution in [0.4, 0.5) is 5.69 Å². The predicted octanol–water partition coefficient (Wildman–Crippen LogP) is 4.17. The van der Waals surface area contributed by atoms with Gasteiger partial charge in [0.2, 0.25) is 0 Å². The van der Waals surface area contributed by atoms with Gasteiger partial charge in [0.05, 0.1) is 6.61 Å². The molecule has 0 heterocycles. The molecule has 0 spiro atoms. The summed E-state index contributed by atoms with van der Waals surface area (Å²) in [6, 6.07) is 17.0. The van der Waals surface area contributed by atoms with E-state index >= 15 is 0 Å². The highest BCUT2D eigenvalue weighted by Gasteiger charge is 1.97. The number of hydrogen-bond donors (Lipinski definition) is 1. The average molecular weight is 273 g/mol. The maximum Gasteiger partial charge on any atom is 0.0713 e. The van der Waals surface area contributed by atoms with Crippen LogP contribution >= 0.6 is 11.8 Å². The van der Waals surface area contributed by atoms with Gasteiger partial charge in [-0.3, -0.25) is 0 Å². The van der Waals surface area contributed by atoms with Gasteiger partial charge in [-0.2, -0.15) is 0 Å². The van der Waals surface area contributed by atoms with Crippen molar-refractivity contribution >= 4 is 17.4 Å². The van der Waals surface area contributed by atoms with Crippen LogP contribution in [0, 0.1) is 0 Å². The Hall–Kier alpha value is -1.45. The lowest BCUT2D eigenvalue weighted by atomic mass is 10.1. The summed E-state index contributed by atoms with van der Waals surface area (Å²) in [4.78, 5) is 1.28. The number of nitrogens with one attached hydrogen (secondary N) is 1. The fourth-order valence-electron chi connectivity index (χ4n) is 1.86. The molecule has 0 saturated heterocycles. The summed E-state index contributed by atoms with van der Waals surface area (Å²) in [7, 11) is 1.72. The third-order valence-corrected chi connectivity index (χ3v) is 3.63. The van der Waals surface area contributed by atoms with Crippen molar-refractivity contribution in [2.75, 3.05) is 18.7 Å². The fourth-order valence-corrected chi connectivity index (χ4v) is 2.32. The van der Waals surface area contributed by atoms with Crippen LogP contribution in [0.2, 0.25) is 0 Å². The summed E-state index contributed by atoms with van der Waals surface area (Å²) in [6.45, 7) is 1.51. The van der Waals surface area contributed by atoms with Gasteiger partial charge in [-0.15, -0.1) is 11.8 Å². The first-order valence-corrected chi connectivity index (χ1v) is 7.49. The van der Waals surface area contributed by atoms with Gasteiger partial charge in [-0.25, -0.2) is 0 Å². The molecule has 3 heteroatoms. The lowest BCUT2D eigenvalue weighted by Gasteiger charge is -2.08. The molecule has 0 aliphatic heterocycles. The van der Waals surface area contributed by atoms with E-state index in [4.69, 9.17) is 4.74 Å². The van der Waals surface area contributed by atoms with Gasteiger partial charge in [0.25, 0.3) is 0 Å². The average Bonchev–Trinajstić information content (AvgIpc) is 2.47. The van der Waals surface area contributed by atoms with Crippen molar-refractivity contribution in [3.8, 4) is 0 Å². The summed E-state index contributed by atoms with van der Waals surface area (Å²) in [5, 5.41) is 3.44. The molecule has 2 aromatic rings. The van der Waals surface area contributed by atoms with E-state index in [0.29, 0.717) is 6.61 Å². The van der Waals surface area contributed by atoms with Crippen molar-refractivity contribution in [2.24, 2.45) is 0 Å². The SMILES string of the molecule is COCc1ccc(CNc2cccc(SC)c2)cc1. The molecule has 0 unspecified atom stereocenters. The van der Waals surface area contributed by atoms with Crippen molar-refractivity contribution in [3.05, 3.63) is 59.7 Å². The lowest BCUT2D eigenvalue weighted by Crippen LogP contribution is -1.99. The van der Waals surface area contributed by atoms with E-state index in [0.717, 1.165) is 12.2 Å². The normalized spacial score (nSPS) is 10.4. The Balaban J connectivity index is 1.94.